The van der Waals surface area contributed by atoms with Gasteiger partial charge in [0.15, 0.2) is 5.82 Å². The largest absolute Gasteiger partial charge is 0.404 e. The maximum atomic E-state index is 13.7. The summed E-state index contributed by atoms with van der Waals surface area (Å²) in [6.07, 6.45) is -4.45. The predicted molar refractivity (Wildman–Crippen MR) is 68.0 cm³/mol. The molecule has 0 aliphatic rings. The van der Waals surface area contributed by atoms with Crippen LogP contribution in [0.1, 0.15) is 19.4 Å². The van der Waals surface area contributed by atoms with Crippen LogP contribution in [0.15, 0.2) is 23.1 Å². The van der Waals surface area contributed by atoms with Crippen LogP contribution in [-0.2, 0) is 0 Å². The third-order valence-electron chi connectivity index (χ3n) is 2.28. The second-order valence-corrected chi connectivity index (χ2v) is 5.25. The van der Waals surface area contributed by atoms with Gasteiger partial charge in [-0.2, -0.15) is 13.2 Å². The van der Waals surface area contributed by atoms with Crippen molar-refractivity contribution >= 4 is 22.5 Å². The minimum absolute atomic E-state index is 0.0635. The molecule has 0 N–H and O–H groups in total. The first kappa shape index (κ1) is 15.3. The van der Waals surface area contributed by atoms with E-state index < -0.39 is 17.4 Å². The van der Waals surface area contributed by atoms with Crippen LogP contribution in [0.5, 0.6) is 0 Å². The Balaban J connectivity index is 3.14. The SMILES string of the molecule is CC(C)(C#Cc1cccc(SS)c1F)C(F)(F)F. The molecule has 0 spiro atoms. The summed E-state index contributed by atoms with van der Waals surface area (Å²) in [6.45, 7) is 1.91. The summed E-state index contributed by atoms with van der Waals surface area (Å²) < 4.78 is 51.4. The van der Waals surface area contributed by atoms with E-state index in [1.54, 1.807) is 0 Å². The van der Waals surface area contributed by atoms with Gasteiger partial charge in [-0.05, 0) is 26.0 Å². The molecule has 98 valence electrons. The van der Waals surface area contributed by atoms with Crippen molar-refractivity contribution in [3.05, 3.63) is 29.6 Å². The maximum absolute atomic E-state index is 13.7. The molecule has 0 heterocycles. The molecule has 1 rings (SSSR count). The van der Waals surface area contributed by atoms with E-state index in [1.165, 1.54) is 18.2 Å². The Kier molecular flexibility index (Phi) is 4.62. The molecule has 0 radical (unpaired) electrons. The zero-order chi connectivity index (χ0) is 14.0. The highest BCUT2D eigenvalue weighted by Gasteiger charge is 2.46. The normalized spacial score (nSPS) is 11.9. The molecule has 0 unspecified atom stereocenters. The Hall–Kier alpha value is -0.800. The van der Waals surface area contributed by atoms with E-state index in [-0.39, 0.29) is 10.5 Å². The number of rotatable bonds is 1. The van der Waals surface area contributed by atoms with Crippen molar-refractivity contribution in [2.75, 3.05) is 0 Å². The molecular formula is C12H10F4S2. The van der Waals surface area contributed by atoms with Crippen molar-refractivity contribution in [2.24, 2.45) is 5.41 Å². The van der Waals surface area contributed by atoms with E-state index in [0.717, 1.165) is 24.6 Å². The van der Waals surface area contributed by atoms with Crippen LogP contribution in [-0.4, -0.2) is 6.18 Å². The minimum atomic E-state index is -4.45. The summed E-state index contributed by atoms with van der Waals surface area (Å²) in [7, 11) is 0.878. The van der Waals surface area contributed by atoms with Gasteiger partial charge in [-0.3, -0.25) is 0 Å². The molecule has 0 saturated carbocycles. The summed E-state index contributed by atoms with van der Waals surface area (Å²) in [5, 5.41) is 0. The average Bonchev–Trinajstić information content (AvgIpc) is 2.26. The van der Waals surface area contributed by atoms with Gasteiger partial charge >= 0.3 is 6.18 Å². The first-order valence-electron chi connectivity index (χ1n) is 4.89. The first-order chi connectivity index (χ1) is 8.19. The molecule has 0 nitrogen and oxygen atoms in total. The fraction of sp³-hybridized carbons (Fsp3) is 0.333. The average molecular weight is 294 g/mol. The van der Waals surface area contributed by atoms with Gasteiger partial charge in [-0.25, -0.2) is 4.39 Å². The number of halogens is 4. The minimum Gasteiger partial charge on any atom is -0.204 e. The van der Waals surface area contributed by atoms with E-state index in [2.05, 4.69) is 23.5 Å². The molecule has 1 aromatic carbocycles. The summed E-state index contributed by atoms with van der Waals surface area (Å²) >= 11 is 3.85. The molecule has 0 saturated heterocycles. The smallest absolute Gasteiger partial charge is 0.204 e. The van der Waals surface area contributed by atoms with E-state index in [9.17, 15) is 17.6 Å². The van der Waals surface area contributed by atoms with E-state index in [4.69, 9.17) is 0 Å². The number of alkyl halides is 3. The van der Waals surface area contributed by atoms with Gasteiger partial charge in [0.2, 0.25) is 0 Å². The maximum Gasteiger partial charge on any atom is 0.404 e. The van der Waals surface area contributed by atoms with E-state index in [1.807, 2.05) is 0 Å². The van der Waals surface area contributed by atoms with Gasteiger partial charge in [0, 0.05) is 0 Å². The Morgan fingerprint density at radius 3 is 2.33 bits per heavy atom. The topological polar surface area (TPSA) is 0 Å². The lowest BCUT2D eigenvalue weighted by molar-refractivity contribution is -0.190. The molecule has 0 atom stereocenters. The van der Waals surface area contributed by atoms with Gasteiger partial charge in [0.25, 0.3) is 0 Å². The number of hydrogen-bond donors (Lipinski definition) is 1. The van der Waals surface area contributed by atoms with Crippen LogP contribution in [0.25, 0.3) is 0 Å². The lowest BCUT2D eigenvalue weighted by Gasteiger charge is -2.21. The Morgan fingerprint density at radius 2 is 1.83 bits per heavy atom. The second kappa shape index (κ2) is 5.45. The van der Waals surface area contributed by atoms with Crippen molar-refractivity contribution < 1.29 is 17.6 Å². The number of thiol groups is 1. The van der Waals surface area contributed by atoms with Crippen LogP contribution in [0.3, 0.4) is 0 Å². The molecule has 0 aromatic heterocycles. The van der Waals surface area contributed by atoms with Gasteiger partial charge in [0.1, 0.15) is 5.41 Å². The summed E-state index contributed by atoms with van der Waals surface area (Å²) in [5.74, 6) is 3.65. The third kappa shape index (κ3) is 3.36. The van der Waals surface area contributed by atoms with Crippen molar-refractivity contribution in [1.29, 1.82) is 0 Å². The fourth-order valence-corrected chi connectivity index (χ4v) is 1.72. The first-order valence-corrected chi connectivity index (χ1v) is 6.76. The van der Waals surface area contributed by atoms with Crippen LogP contribution in [0.4, 0.5) is 17.6 Å². The van der Waals surface area contributed by atoms with Crippen molar-refractivity contribution in [2.45, 2.75) is 24.9 Å². The summed E-state index contributed by atoms with van der Waals surface area (Å²) in [5.41, 5.74) is -2.24. The van der Waals surface area contributed by atoms with E-state index >= 15 is 0 Å². The lowest BCUT2D eigenvalue weighted by atomic mass is 9.93. The molecule has 0 amide bonds. The second-order valence-electron chi connectivity index (χ2n) is 4.08. The number of hydrogen-bond acceptors (Lipinski definition) is 2. The molecule has 0 fully saturated rings. The van der Waals surface area contributed by atoms with Gasteiger partial charge in [0.05, 0.1) is 10.5 Å². The van der Waals surface area contributed by atoms with Crippen LogP contribution in [0, 0.1) is 23.1 Å². The zero-order valence-electron chi connectivity index (χ0n) is 9.60. The zero-order valence-corrected chi connectivity index (χ0v) is 11.3. The van der Waals surface area contributed by atoms with Gasteiger partial charge < -0.3 is 0 Å². The highest BCUT2D eigenvalue weighted by Crippen LogP contribution is 2.36. The van der Waals surface area contributed by atoms with Crippen molar-refractivity contribution in [1.82, 2.24) is 0 Å². The fourth-order valence-electron chi connectivity index (χ4n) is 0.972. The third-order valence-corrected chi connectivity index (χ3v) is 3.38. The van der Waals surface area contributed by atoms with E-state index in [0.29, 0.717) is 0 Å². The summed E-state index contributed by atoms with van der Waals surface area (Å²) in [6, 6.07) is 4.33. The quantitative estimate of drug-likeness (QED) is 0.339. The Bertz CT molecular complexity index is 495. The molecule has 1 aromatic rings. The van der Waals surface area contributed by atoms with Crippen LogP contribution < -0.4 is 0 Å². The highest BCUT2D eigenvalue weighted by atomic mass is 33.1. The highest BCUT2D eigenvalue weighted by molar-refractivity contribution is 8.68. The Morgan fingerprint density at radius 1 is 1.22 bits per heavy atom. The van der Waals surface area contributed by atoms with Crippen LogP contribution in [0.2, 0.25) is 0 Å². The monoisotopic (exact) mass is 294 g/mol. The lowest BCUT2D eigenvalue weighted by Crippen LogP contribution is -2.30. The molecule has 0 bridgehead atoms. The molecule has 6 heteroatoms. The van der Waals surface area contributed by atoms with Crippen LogP contribution >= 0.6 is 22.5 Å². The molecule has 0 aliphatic heterocycles. The Labute approximate surface area is 112 Å². The molecule has 18 heavy (non-hydrogen) atoms. The van der Waals surface area contributed by atoms with Crippen molar-refractivity contribution in [3.63, 3.8) is 0 Å². The standard InChI is InChI=1S/C12H10F4S2/c1-11(2,12(14,15)16)7-6-8-4-3-5-9(18-17)10(8)13/h3-5,17H,1-2H3. The van der Waals surface area contributed by atoms with Gasteiger partial charge in [-0.1, -0.05) is 28.7 Å². The molecule has 0 aliphatic carbocycles. The summed E-state index contributed by atoms with van der Waals surface area (Å²) in [4.78, 5) is 0.231. The van der Waals surface area contributed by atoms with Crippen molar-refractivity contribution in [3.8, 4) is 11.8 Å². The van der Waals surface area contributed by atoms with Gasteiger partial charge in [-0.15, -0.1) is 11.7 Å². The number of benzene rings is 1. The molecular weight excluding hydrogens is 284 g/mol. The predicted octanol–water partition coefficient (Wildman–Crippen LogP) is 4.70.